The zero-order valence-corrected chi connectivity index (χ0v) is 13.0. The average molecular weight is 347 g/mol. The third kappa shape index (κ3) is 2.14. The topological polar surface area (TPSA) is 64.8 Å². The van der Waals surface area contributed by atoms with Gasteiger partial charge in [0.25, 0.3) is 5.56 Å². The number of hydrogen-bond acceptors (Lipinski definition) is 3. The van der Waals surface area contributed by atoms with E-state index in [1.807, 2.05) is 18.2 Å². The van der Waals surface area contributed by atoms with Gasteiger partial charge in [-0.15, -0.1) is 0 Å². The molecule has 3 heterocycles. The standard InChI is InChI=1S/C15H15BrN4O/c16-9-4-5-10-11(8-9)17-13-12(10)18-15(19-14(13)21)20-6-2-1-3-7-20/h4-5,8,17H,1-3,6-7H2,(H,18,19,21). The Morgan fingerprint density at radius 3 is 2.76 bits per heavy atom. The summed E-state index contributed by atoms with van der Waals surface area (Å²) in [5.41, 5.74) is 2.12. The Balaban J connectivity index is 1.95. The van der Waals surface area contributed by atoms with Crippen LogP contribution in [-0.2, 0) is 0 Å². The van der Waals surface area contributed by atoms with E-state index in [4.69, 9.17) is 4.98 Å². The van der Waals surface area contributed by atoms with Crippen molar-refractivity contribution in [3.63, 3.8) is 0 Å². The second-order valence-corrected chi connectivity index (χ2v) is 6.39. The molecule has 0 saturated carbocycles. The van der Waals surface area contributed by atoms with Gasteiger partial charge in [0.15, 0.2) is 0 Å². The smallest absolute Gasteiger partial charge is 0.276 e. The molecule has 1 aromatic carbocycles. The summed E-state index contributed by atoms with van der Waals surface area (Å²) in [7, 11) is 0. The number of anilines is 1. The number of fused-ring (bicyclic) bond motifs is 3. The van der Waals surface area contributed by atoms with Crippen LogP contribution in [0.2, 0.25) is 0 Å². The van der Waals surface area contributed by atoms with Gasteiger partial charge in [-0.25, -0.2) is 4.98 Å². The van der Waals surface area contributed by atoms with Gasteiger partial charge >= 0.3 is 0 Å². The van der Waals surface area contributed by atoms with Gasteiger partial charge in [-0.05, 0) is 37.5 Å². The van der Waals surface area contributed by atoms with E-state index >= 15 is 0 Å². The average Bonchev–Trinajstić information content (AvgIpc) is 2.86. The molecule has 21 heavy (non-hydrogen) atoms. The first-order chi connectivity index (χ1) is 10.2. The Bertz CT molecular complexity index is 876. The maximum absolute atomic E-state index is 12.3. The summed E-state index contributed by atoms with van der Waals surface area (Å²) in [6, 6.07) is 5.93. The van der Waals surface area contributed by atoms with Crippen LogP contribution in [0, 0.1) is 0 Å². The van der Waals surface area contributed by atoms with Crippen LogP contribution in [0.4, 0.5) is 5.95 Å². The summed E-state index contributed by atoms with van der Waals surface area (Å²) >= 11 is 3.45. The number of aromatic amines is 2. The van der Waals surface area contributed by atoms with Crippen molar-refractivity contribution in [3.8, 4) is 0 Å². The first-order valence-electron chi connectivity index (χ1n) is 7.18. The van der Waals surface area contributed by atoms with Crippen LogP contribution < -0.4 is 10.5 Å². The molecular weight excluding hydrogens is 332 g/mol. The normalized spacial score (nSPS) is 16.0. The maximum Gasteiger partial charge on any atom is 0.276 e. The highest BCUT2D eigenvalue weighted by Gasteiger charge is 2.16. The van der Waals surface area contributed by atoms with Crippen molar-refractivity contribution in [1.29, 1.82) is 0 Å². The highest BCUT2D eigenvalue weighted by atomic mass is 79.9. The quantitative estimate of drug-likeness (QED) is 0.711. The summed E-state index contributed by atoms with van der Waals surface area (Å²) in [5, 5.41) is 0.984. The lowest BCUT2D eigenvalue weighted by Gasteiger charge is -2.26. The first-order valence-corrected chi connectivity index (χ1v) is 7.98. The molecule has 2 N–H and O–H groups in total. The van der Waals surface area contributed by atoms with Crippen molar-refractivity contribution < 1.29 is 0 Å². The maximum atomic E-state index is 12.3. The van der Waals surface area contributed by atoms with Crippen LogP contribution in [0.5, 0.6) is 0 Å². The number of aromatic nitrogens is 3. The molecule has 0 spiro atoms. The summed E-state index contributed by atoms with van der Waals surface area (Å²) in [4.78, 5) is 25.3. The molecule has 0 unspecified atom stereocenters. The molecule has 108 valence electrons. The molecule has 1 aliphatic rings. The van der Waals surface area contributed by atoms with Crippen LogP contribution in [0.1, 0.15) is 19.3 Å². The van der Waals surface area contributed by atoms with E-state index in [1.165, 1.54) is 6.42 Å². The number of piperidine rings is 1. The number of nitrogens with one attached hydrogen (secondary N) is 2. The van der Waals surface area contributed by atoms with Gasteiger partial charge in [0.2, 0.25) is 5.95 Å². The summed E-state index contributed by atoms with van der Waals surface area (Å²) in [6.07, 6.45) is 3.56. The molecule has 1 aliphatic heterocycles. The minimum Gasteiger partial charge on any atom is -0.349 e. The third-order valence-corrected chi connectivity index (χ3v) is 4.55. The van der Waals surface area contributed by atoms with Crippen molar-refractivity contribution in [2.45, 2.75) is 19.3 Å². The molecule has 2 aromatic heterocycles. The fraction of sp³-hybridized carbons (Fsp3) is 0.333. The number of H-pyrrole nitrogens is 2. The van der Waals surface area contributed by atoms with Crippen LogP contribution >= 0.6 is 15.9 Å². The Morgan fingerprint density at radius 1 is 1.14 bits per heavy atom. The van der Waals surface area contributed by atoms with E-state index in [2.05, 4.69) is 30.8 Å². The Kier molecular flexibility index (Phi) is 2.99. The molecule has 0 bridgehead atoms. The predicted molar refractivity (Wildman–Crippen MR) is 88.0 cm³/mol. The summed E-state index contributed by atoms with van der Waals surface area (Å²) in [6.45, 7) is 1.92. The van der Waals surface area contributed by atoms with Crippen molar-refractivity contribution in [2.75, 3.05) is 18.0 Å². The van der Waals surface area contributed by atoms with E-state index in [9.17, 15) is 4.79 Å². The van der Waals surface area contributed by atoms with Crippen molar-refractivity contribution >= 4 is 43.8 Å². The SMILES string of the molecule is O=c1[nH]c(N2CCCCC2)nc2c1[nH]c1cc(Br)ccc12. The lowest BCUT2D eigenvalue weighted by atomic mass is 10.1. The van der Waals surface area contributed by atoms with Crippen LogP contribution in [-0.4, -0.2) is 28.0 Å². The van der Waals surface area contributed by atoms with Gasteiger partial charge < -0.3 is 9.88 Å². The minimum atomic E-state index is -0.104. The monoisotopic (exact) mass is 346 g/mol. The molecule has 4 rings (SSSR count). The van der Waals surface area contributed by atoms with Crippen LogP contribution in [0.25, 0.3) is 21.9 Å². The highest BCUT2D eigenvalue weighted by molar-refractivity contribution is 9.10. The number of hydrogen-bond donors (Lipinski definition) is 2. The second-order valence-electron chi connectivity index (χ2n) is 5.48. The second kappa shape index (κ2) is 4.87. The molecule has 5 nitrogen and oxygen atoms in total. The lowest BCUT2D eigenvalue weighted by Crippen LogP contribution is -2.32. The van der Waals surface area contributed by atoms with Gasteiger partial charge in [0.1, 0.15) is 11.0 Å². The molecule has 0 aliphatic carbocycles. The van der Waals surface area contributed by atoms with E-state index in [-0.39, 0.29) is 5.56 Å². The summed E-state index contributed by atoms with van der Waals surface area (Å²) < 4.78 is 0.981. The number of rotatable bonds is 1. The molecule has 1 fully saturated rings. The Hall–Kier alpha value is -1.82. The fourth-order valence-corrected chi connectivity index (χ4v) is 3.35. The predicted octanol–water partition coefficient (Wildman–Crippen LogP) is 3.16. The molecule has 0 radical (unpaired) electrons. The van der Waals surface area contributed by atoms with Crippen LogP contribution in [0.15, 0.2) is 27.5 Å². The molecule has 0 amide bonds. The van der Waals surface area contributed by atoms with Gasteiger partial charge in [-0.3, -0.25) is 9.78 Å². The highest BCUT2D eigenvalue weighted by Crippen LogP contribution is 2.26. The van der Waals surface area contributed by atoms with Gasteiger partial charge in [0.05, 0.1) is 0 Å². The minimum absolute atomic E-state index is 0.104. The van der Waals surface area contributed by atoms with Gasteiger partial charge in [0, 0.05) is 28.5 Å². The van der Waals surface area contributed by atoms with Crippen molar-refractivity contribution in [1.82, 2.24) is 15.0 Å². The zero-order chi connectivity index (χ0) is 14.4. The largest absolute Gasteiger partial charge is 0.349 e. The van der Waals surface area contributed by atoms with E-state index < -0.39 is 0 Å². The van der Waals surface area contributed by atoms with Gasteiger partial charge in [-0.2, -0.15) is 0 Å². The van der Waals surface area contributed by atoms with Crippen molar-refractivity contribution in [3.05, 3.63) is 33.0 Å². The molecule has 0 atom stereocenters. The zero-order valence-electron chi connectivity index (χ0n) is 11.4. The first kappa shape index (κ1) is 12.9. The summed E-state index contributed by atoms with van der Waals surface area (Å²) in [5.74, 6) is 0.691. The molecule has 6 heteroatoms. The molecule has 3 aromatic rings. The van der Waals surface area contributed by atoms with Gasteiger partial charge in [-0.1, -0.05) is 15.9 Å². The van der Waals surface area contributed by atoms with E-state index in [0.717, 1.165) is 46.8 Å². The fourth-order valence-electron chi connectivity index (χ4n) is 2.99. The Labute approximate surface area is 129 Å². The van der Waals surface area contributed by atoms with Crippen LogP contribution in [0.3, 0.4) is 0 Å². The molecular formula is C15H15BrN4O. The lowest BCUT2D eigenvalue weighted by molar-refractivity contribution is 0.568. The number of halogens is 1. The number of benzene rings is 1. The van der Waals surface area contributed by atoms with E-state index in [1.54, 1.807) is 0 Å². The van der Waals surface area contributed by atoms with Crippen molar-refractivity contribution in [2.24, 2.45) is 0 Å². The Morgan fingerprint density at radius 2 is 1.95 bits per heavy atom. The third-order valence-electron chi connectivity index (χ3n) is 4.06. The van der Waals surface area contributed by atoms with E-state index in [0.29, 0.717) is 11.5 Å². The molecule has 1 saturated heterocycles. The number of nitrogens with zero attached hydrogens (tertiary/aromatic N) is 2.